The molecule has 0 spiro atoms. The second-order valence-electron chi connectivity index (χ2n) is 3.66. The van der Waals surface area contributed by atoms with E-state index in [1.807, 2.05) is 0 Å². The van der Waals surface area contributed by atoms with Crippen LogP contribution in [-0.4, -0.2) is 31.0 Å². The van der Waals surface area contributed by atoms with Crippen LogP contribution < -0.4 is 9.47 Å². The van der Waals surface area contributed by atoms with Crippen molar-refractivity contribution in [1.82, 2.24) is 0 Å². The SMILES string of the molecule is FC1(F)COc2cscc2OCC(F)(F)C1(F)F. The molecule has 9 heteroatoms. The predicted molar refractivity (Wildman–Crippen MR) is 50.2 cm³/mol. The van der Waals surface area contributed by atoms with E-state index < -0.39 is 31.0 Å². The maximum atomic E-state index is 13.1. The van der Waals surface area contributed by atoms with Crippen molar-refractivity contribution in [3.63, 3.8) is 0 Å². The molecule has 0 atom stereocenters. The molecule has 0 N–H and O–H groups in total. The van der Waals surface area contributed by atoms with Crippen molar-refractivity contribution in [1.29, 1.82) is 0 Å². The monoisotopic (exact) mass is 292 g/mol. The summed E-state index contributed by atoms with van der Waals surface area (Å²) in [6, 6.07) is 0. The maximum absolute atomic E-state index is 13.1. The Morgan fingerprint density at radius 1 is 0.833 bits per heavy atom. The number of alkyl halides is 6. The van der Waals surface area contributed by atoms with Crippen molar-refractivity contribution in [3.8, 4) is 11.5 Å². The minimum atomic E-state index is -5.55. The molecule has 0 unspecified atom stereocenters. The van der Waals surface area contributed by atoms with Crippen molar-refractivity contribution in [2.24, 2.45) is 0 Å². The first-order valence-electron chi connectivity index (χ1n) is 4.63. The summed E-state index contributed by atoms with van der Waals surface area (Å²) < 4.78 is 87.3. The van der Waals surface area contributed by atoms with E-state index in [4.69, 9.17) is 0 Å². The highest BCUT2D eigenvalue weighted by molar-refractivity contribution is 7.08. The average molecular weight is 292 g/mol. The molecular formula is C9H6F6O2S. The van der Waals surface area contributed by atoms with E-state index >= 15 is 0 Å². The third-order valence-corrected chi connectivity index (χ3v) is 3.03. The van der Waals surface area contributed by atoms with E-state index in [1.165, 1.54) is 10.8 Å². The molecule has 2 heterocycles. The fourth-order valence-corrected chi connectivity index (χ4v) is 1.95. The first-order chi connectivity index (χ1) is 8.17. The van der Waals surface area contributed by atoms with Gasteiger partial charge >= 0.3 is 17.8 Å². The largest absolute Gasteiger partial charge is 0.482 e. The van der Waals surface area contributed by atoms with Gasteiger partial charge in [0, 0.05) is 10.8 Å². The summed E-state index contributed by atoms with van der Waals surface area (Å²) in [5.74, 6) is -16.1. The number of fused-ring (bicyclic) bond motifs is 1. The van der Waals surface area contributed by atoms with Crippen molar-refractivity contribution >= 4 is 11.3 Å². The third-order valence-electron chi connectivity index (χ3n) is 2.33. The van der Waals surface area contributed by atoms with Gasteiger partial charge in [0.1, 0.15) is 0 Å². The highest BCUT2D eigenvalue weighted by atomic mass is 32.1. The van der Waals surface area contributed by atoms with Crippen LogP contribution in [0.3, 0.4) is 0 Å². The van der Waals surface area contributed by atoms with Gasteiger partial charge in [-0.1, -0.05) is 0 Å². The zero-order chi connectivity index (χ0) is 13.6. The van der Waals surface area contributed by atoms with Gasteiger partial charge in [0.2, 0.25) is 0 Å². The molecule has 2 nitrogen and oxygen atoms in total. The third kappa shape index (κ3) is 1.90. The van der Waals surface area contributed by atoms with E-state index in [1.54, 1.807) is 0 Å². The van der Waals surface area contributed by atoms with Gasteiger partial charge < -0.3 is 9.47 Å². The van der Waals surface area contributed by atoms with Crippen LogP contribution in [0.4, 0.5) is 26.3 Å². The van der Waals surface area contributed by atoms with Gasteiger partial charge in [-0.05, 0) is 0 Å². The zero-order valence-electron chi connectivity index (χ0n) is 8.56. The summed E-state index contributed by atoms with van der Waals surface area (Å²) in [6.45, 7) is -3.69. The van der Waals surface area contributed by atoms with Crippen LogP contribution in [0.5, 0.6) is 11.5 Å². The molecule has 18 heavy (non-hydrogen) atoms. The normalized spacial score (nSPS) is 24.8. The Balaban J connectivity index is 2.40. The highest BCUT2D eigenvalue weighted by Gasteiger charge is 2.72. The van der Waals surface area contributed by atoms with Crippen LogP contribution in [0.15, 0.2) is 10.8 Å². The van der Waals surface area contributed by atoms with Crippen molar-refractivity contribution in [2.75, 3.05) is 13.2 Å². The summed E-state index contributed by atoms with van der Waals surface area (Å²) in [6.07, 6.45) is 0. The summed E-state index contributed by atoms with van der Waals surface area (Å²) in [4.78, 5) is 0. The van der Waals surface area contributed by atoms with E-state index in [-0.39, 0.29) is 11.5 Å². The molecule has 0 saturated heterocycles. The molecule has 1 aliphatic rings. The average Bonchev–Trinajstić information content (AvgIpc) is 2.70. The Labute approximate surface area is 101 Å². The van der Waals surface area contributed by atoms with Gasteiger partial charge in [-0.15, -0.1) is 11.3 Å². The quantitative estimate of drug-likeness (QED) is 0.682. The Morgan fingerprint density at radius 2 is 1.22 bits per heavy atom. The predicted octanol–water partition coefficient (Wildman–Crippen LogP) is 3.43. The van der Waals surface area contributed by atoms with Crippen LogP contribution in [0.2, 0.25) is 0 Å². The molecule has 0 aliphatic carbocycles. The first-order valence-corrected chi connectivity index (χ1v) is 5.57. The number of ether oxygens (including phenoxy) is 2. The number of hydrogen-bond acceptors (Lipinski definition) is 3. The van der Waals surface area contributed by atoms with Crippen LogP contribution >= 0.6 is 11.3 Å². The standard InChI is InChI=1S/C9H6F6O2S/c10-7(11)3-16-5-1-18-2-6(5)17-4-8(12,13)9(7,14)15/h1-2H,3-4H2. The molecule has 0 aromatic carbocycles. The first kappa shape index (κ1) is 13.3. The van der Waals surface area contributed by atoms with Gasteiger partial charge in [0.15, 0.2) is 24.7 Å². The number of halogens is 6. The molecule has 1 aliphatic heterocycles. The molecule has 102 valence electrons. The smallest absolute Gasteiger partial charge is 0.378 e. The summed E-state index contributed by atoms with van der Waals surface area (Å²) in [7, 11) is 0. The lowest BCUT2D eigenvalue weighted by molar-refractivity contribution is -0.318. The van der Waals surface area contributed by atoms with Crippen LogP contribution in [0.1, 0.15) is 0 Å². The topological polar surface area (TPSA) is 18.5 Å². The van der Waals surface area contributed by atoms with Gasteiger partial charge in [0.25, 0.3) is 0 Å². The number of thiophene rings is 1. The molecule has 1 aromatic heterocycles. The van der Waals surface area contributed by atoms with E-state index in [9.17, 15) is 26.3 Å². The van der Waals surface area contributed by atoms with Gasteiger partial charge in [-0.2, -0.15) is 26.3 Å². The number of hydrogen-bond donors (Lipinski definition) is 0. The van der Waals surface area contributed by atoms with Crippen molar-refractivity contribution in [3.05, 3.63) is 10.8 Å². The lowest BCUT2D eigenvalue weighted by Gasteiger charge is -2.31. The van der Waals surface area contributed by atoms with Crippen LogP contribution in [0.25, 0.3) is 0 Å². The molecule has 0 bridgehead atoms. The van der Waals surface area contributed by atoms with Crippen molar-refractivity contribution in [2.45, 2.75) is 17.8 Å². The summed E-state index contributed by atoms with van der Waals surface area (Å²) >= 11 is 0.954. The van der Waals surface area contributed by atoms with Gasteiger partial charge in [-0.25, -0.2) is 0 Å². The lowest BCUT2D eigenvalue weighted by atomic mass is 10.1. The van der Waals surface area contributed by atoms with Crippen molar-refractivity contribution < 1.29 is 35.8 Å². The molecule has 0 amide bonds. The number of rotatable bonds is 0. The molecule has 0 fully saturated rings. The molecule has 0 saturated carbocycles. The Bertz CT molecular complexity index is 408. The molecular weight excluding hydrogens is 286 g/mol. The zero-order valence-corrected chi connectivity index (χ0v) is 9.38. The fourth-order valence-electron chi connectivity index (χ4n) is 1.27. The lowest BCUT2D eigenvalue weighted by Crippen LogP contribution is -2.58. The van der Waals surface area contributed by atoms with Gasteiger partial charge in [0.05, 0.1) is 0 Å². The fraction of sp³-hybridized carbons (Fsp3) is 0.556. The van der Waals surface area contributed by atoms with E-state index in [0.717, 1.165) is 11.3 Å². The van der Waals surface area contributed by atoms with E-state index in [0.29, 0.717) is 0 Å². The van der Waals surface area contributed by atoms with Crippen LogP contribution in [-0.2, 0) is 0 Å². The maximum Gasteiger partial charge on any atom is 0.378 e. The van der Waals surface area contributed by atoms with E-state index in [2.05, 4.69) is 9.47 Å². The molecule has 0 radical (unpaired) electrons. The molecule has 2 rings (SSSR count). The van der Waals surface area contributed by atoms with Crippen LogP contribution in [0, 0.1) is 0 Å². The highest BCUT2D eigenvalue weighted by Crippen LogP contribution is 2.48. The minimum Gasteiger partial charge on any atom is -0.482 e. The summed E-state index contributed by atoms with van der Waals surface area (Å²) in [5, 5.41) is 2.40. The Hall–Kier alpha value is -1.12. The Morgan fingerprint density at radius 3 is 1.61 bits per heavy atom. The van der Waals surface area contributed by atoms with Gasteiger partial charge in [-0.3, -0.25) is 0 Å². The minimum absolute atomic E-state index is 0.256. The molecule has 1 aromatic rings. The second kappa shape index (κ2) is 3.94. The second-order valence-corrected chi connectivity index (χ2v) is 4.40. The summed E-state index contributed by atoms with van der Waals surface area (Å²) in [5.41, 5.74) is 0. The Kier molecular flexibility index (Phi) is 2.91.